The van der Waals surface area contributed by atoms with Gasteiger partial charge in [0.15, 0.2) is 0 Å². The number of thioether (sulfide) groups is 1. The lowest BCUT2D eigenvalue weighted by Gasteiger charge is -2.10. The highest BCUT2D eigenvalue weighted by atomic mass is 32.2. The Morgan fingerprint density at radius 3 is 2.83 bits per heavy atom. The topological polar surface area (TPSA) is 46.9 Å². The zero-order valence-corrected chi connectivity index (χ0v) is 14.8. The van der Waals surface area contributed by atoms with Crippen LogP contribution in [0.3, 0.4) is 0 Å². The Bertz CT molecular complexity index is 635. The molecule has 1 amide bonds. The molecule has 1 aromatic heterocycles. The van der Waals surface area contributed by atoms with E-state index in [1.54, 1.807) is 0 Å². The molecule has 1 heterocycles. The average molecular weight is 343 g/mol. The molecule has 0 atom stereocenters. The maximum atomic E-state index is 11.9. The Hall–Kier alpha value is -1.75. The lowest BCUT2D eigenvalue weighted by Crippen LogP contribution is -2.27. The van der Waals surface area contributed by atoms with Gasteiger partial charge in [-0.25, -0.2) is 4.98 Å². The monoisotopic (exact) mass is 343 g/mol. The first-order valence-electron chi connectivity index (χ1n) is 8.78. The number of rotatable bonds is 8. The van der Waals surface area contributed by atoms with Crippen molar-refractivity contribution in [1.29, 1.82) is 0 Å². The number of nitrogens with one attached hydrogen (secondary N) is 1. The smallest absolute Gasteiger partial charge is 0.230 e. The third kappa shape index (κ3) is 4.87. The Morgan fingerprint density at radius 2 is 2.04 bits per heavy atom. The quantitative estimate of drug-likeness (QED) is 0.743. The van der Waals surface area contributed by atoms with Crippen LogP contribution in [0.5, 0.6) is 0 Å². The number of hydrogen-bond acceptors (Lipinski definition) is 3. The number of aryl methyl sites for hydroxylation is 1. The van der Waals surface area contributed by atoms with Crippen LogP contribution >= 0.6 is 11.8 Å². The van der Waals surface area contributed by atoms with Crippen molar-refractivity contribution in [2.75, 3.05) is 12.3 Å². The maximum absolute atomic E-state index is 11.9. The molecule has 1 N–H and O–H groups in total. The fourth-order valence-electron chi connectivity index (χ4n) is 3.11. The van der Waals surface area contributed by atoms with Crippen LogP contribution in [-0.2, 0) is 11.3 Å². The minimum atomic E-state index is 0.167. The van der Waals surface area contributed by atoms with Crippen molar-refractivity contribution >= 4 is 17.7 Å². The number of carbonyl (C=O) groups is 1. The van der Waals surface area contributed by atoms with E-state index in [1.807, 2.05) is 42.4 Å². The van der Waals surface area contributed by atoms with E-state index >= 15 is 0 Å². The fraction of sp³-hybridized carbons (Fsp3) is 0.474. The number of aromatic nitrogens is 2. The van der Waals surface area contributed by atoms with Gasteiger partial charge in [0.25, 0.3) is 0 Å². The summed E-state index contributed by atoms with van der Waals surface area (Å²) in [4.78, 5) is 16.3. The summed E-state index contributed by atoms with van der Waals surface area (Å²) < 4.78 is 2.15. The van der Waals surface area contributed by atoms with Crippen molar-refractivity contribution in [2.24, 2.45) is 0 Å². The lowest BCUT2D eigenvalue weighted by molar-refractivity contribution is -0.118. The van der Waals surface area contributed by atoms with E-state index in [-0.39, 0.29) is 5.91 Å². The van der Waals surface area contributed by atoms with Gasteiger partial charge < -0.3 is 9.88 Å². The number of benzene rings is 1. The molecule has 0 spiro atoms. The van der Waals surface area contributed by atoms with Gasteiger partial charge in [0.2, 0.25) is 5.91 Å². The number of nitrogens with zero attached hydrogens (tertiary/aromatic N) is 2. The molecule has 1 aliphatic carbocycles. The van der Waals surface area contributed by atoms with Crippen molar-refractivity contribution in [3.8, 4) is 11.4 Å². The largest absolute Gasteiger partial charge is 0.355 e. The van der Waals surface area contributed by atoms with Crippen molar-refractivity contribution in [3.05, 3.63) is 42.7 Å². The molecule has 1 fully saturated rings. The molecule has 0 bridgehead atoms. The van der Waals surface area contributed by atoms with Gasteiger partial charge in [-0.05, 0) is 19.3 Å². The van der Waals surface area contributed by atoms with E-state index in [0.717, 1.165) is 30.9 Å². The summed E-state index contributed by atoms with van der Waals surface area (Å²) in [5.74, 6) is 1.75. The summed E-state index contributed by atoms with van der Waals surface area (Å²) >= 11 is 1.82. The second kappa shape index (κ2) is 8.92. The first kappa shape index (κ1) is 17.1. The van der Waals surface area contributed by atoms with Gasteiger partial charge in [0, 0.05) is 36.3 Å². The molecule has 0 aliphatic heterocycles. The van der Waals surface area contributed by atoms with Crippen molar-refractivity contribution in [1.82, 2.24) is 14.9 Å². The predicted octanol–water partition coefficient (Wildman–Crippen LogP) is 3.73. The van der Waals surface area contributed by atoms with Gasteiger partial charge in [-0.15, -0.1) is 11.8 Å². The first-order valence-corrected chi connectivity index (χ1v) is 9.82. The van der Waals surface area contributed by atoms with E-state index in [1.165, 1.54) is 25.7 Å². The second-order valence-corrected chi connectivity index (χ2v) is 7.52. The van der Waals surface area contributed by atoms with Crippen LogP contribution in [0.4, 0.5) is 0 Å². The number of amides is 1. The molecular formula is C19H25N3OS. The summed E-state index contributed by atoms with van der Waals surface area (Å²) in [6.45, 7) is 1.58. The minimum absolute atomic E-state index is 0.167. The maximum Gasteiger partial charge on any atom is 0.230 e. The van der Waals surface area contributed by atoms with Crippen LogP contribution in [-0.4, -0.2) is 33.0 Å². The highest BCUT2D eigenvalue weighted by Gasteiger charge is 2.16. The Kier molecular flexibility index (Phi) is 6.35. The normalized spacial score (nSPS) is 14.8. The number of carbonyl (C=O) groups excluding carboxylic acids is 1. The van der Waals surface area contributed by atoms with E-state index in [2.05, 4.69) is 27.0 Å². The molecule has 4 nitrogen and oxygen atoms in total. The summed E-state index contributed by atoms with van der Waals surface area (Å²) in [6, 6.07) is 10.2. The van der Waals surface area contributed by atoms with Crippen LogP contribution in [0.2, 0.25) is 0 Å². The Labute approximate surface area is 148 Å². The third-order valence-electron chi connectivity index (χ3n) is 4.40. The van der Waals surface area contributed by atoms with Gasteiger partial charge in [-0.2, -0.15) is 0 Å². The van der Waals surface area contributed by atoms with E-state index in [9.17, 15) is 4.79 Å². The summed E-state index contributed by atoms with van der Waals surface area (Å²) in [5.41, 5.74) is 1.12. The van der Waals surface area contributed by atoms with Crippen molar-refractivity contribution < 1.29 is 4.79 Å². The average Bonchev–Trinajstić information content (AvgIpc) is 3.29. The molecule has 1 aliphatic rings. The standard InChI is InChI=1S/C19H25N3OS/c23-18(15-24-17-9-4-5-10-17)20-11-6-13-22-14-12-21-19(22)16-7-2-1-3-8-16/h1-3,7-8,12,14,17H,4-6,9-11,13,15H2,(H,20,23). The zero-order valence-electron chi connectivity index (χ0n) is 14.0. The van der Waals surface area contributed by atoms with E-state index in [4.69, 9.17) is 0 Å². The molecule has 0 unspecified atom stereocenters. The summed E-state index contributed by atoms with van der Waals surface area (Å²) in [6.07, 6.45) is 9.96. The summed E-state index contributed by atoms with van der Waals surface area (Å²) in [5, 5.41) is 3.74. The fourth-order valence-corrected chi connectivity index (χ4v) is 4.27. The lowest BCUT2D eigenvalue weighted by atomic mass is 10.2. The number of hydrogen-bond donors (Lipinski definition) is 1. The third-order valence-corrected chi connectivity index (χ3v) is 5.77. The van der Waals surface area contributed by atoms with Crippen LogP contribution < -0.4 is 5.32 Å². The number of imidazole rings is 1. The SMILES string of the molecule is O=C(CSC1CCCC1)NCCCn1ccnc1-c1ccccc1. The molecular weight excluding hydrogens is 318 g/mol. The molecule has 24 heavy (non-hydrogen) atoms. The molecule has 3 rings (SSSR count). The van der Waals surface area contributed by atoms with Crippen LogP contribution in [0.15, 0.2) is 42.7 Å². The first-order chi connectivity index (χ1) is 11.8. The van der Waals surface area contributed by atoms with Gasteiger partial charge in [0.1, 0.15) is 5.82 Å². The van der Waals surface area contributed by atoms with Crippen LogP contribution in [0, 0.1) is 0 Å². The van der Waals surface area contributed by atoms with Gasteiger partial charge in [0.05, 0.1) is 5.75 Å². The predicted molar refractivity (Wildman–Crippen MR) is 100 cm³/mol. The van der Waals surface area contributed by atoms with Gasteiger partial charge in [-0.3, -0.25) is 4.79 Å². The van der Waals surface area contributed by atoms with E-state index < -0.39 is 0 Å². The Balaban J connectivity index is 1.38. The van der Waals surface area contributed by atoms with Crippen LogP contribution in [0.1, 0.15) is 32.1 Å². The highest BCUT2D eigenvalue weighted by Crippen LogP contribution is 2.29. The van der Waals surface area contributed by atoms with Crippen molar-refractivity contribution in [3.63, 3.8) is 0 Å². The zero-order chi connectivity index (χ0) is 16.6. The van der Waals surface area contributed by atoms with Gasteiger partial charge >= 0.3 is 0 Å². The van der Waals surface area contributed by atoms with E-state index in [0.29, 0.717) is 11.0 Å². The van der Waals surface area contributed by atoms with Gasteiger partial charge in [-0.1, -0.05) is 43.2 Å². The molecule has 128 valence electrons. The molecule has 0 radical (unpaired) electrons. The second-order valence-electron chi connectivity index (χ2n) is 6.23. The molecule has 2 aromatic rings. The molecule has 1 saturated carbocycles. The molecule has 5 heteroatoms. The molecule has 0 saturated heterocycles. The molecule has 1 aromatic carbocycles. The van der Waals surface area contributed by atoms with Crippen molar-refractivity contribution in [2.45, 2.75) is 43.9 Å². The minimum Gasteiger partial charge on any atom is -0.355 e. The highest BCUT2D eigenvalue weighted by molar-refractivity contribution is 8.00. The van der Waals surface area contributed by atoms with Crippen LogP contribution in [0.25, 0.3) is 11.4 Å². The Morgan fingerprint density at radius 1 is 1.25 bits per heavy atom. The summed E-state index contributed by atoms with van der Waals surface area (Å²) in [7, 11) is 0.